The fourth-order valence-corrected chi connectivity index (χ4v) is 5.83. The molecule has 0 aromatic carbocycles. The van der Waals surface area contributed by atoms with Gasteiger partial charge < -0.3 is 23.6 Å². The van der Waals surface area contributed by atoms with Crippen molar-refractivity contribution in [1.29, 1.82) is 0 Å². The molecular formula is C21H49N3O2Si. The Bertz CT molecular complexity index is 331. The molecule has 0 amide bonds. The molecule has 0 aromatic heterocycles. The summed E-state index contributed by atoms with van der Waals surface area (Å²) < 4.78 is 11.6. The van der Waals surface area contributed by atoms with Crippen molar-refractivity contribution in [2.45, 2.75) is 59.0 Å². The summed E-state index contributed by atoms with van der Waals surface area (Å²) >= 11 is 0. The average Bonchev–Trinajstić information content (AvgIpc) is 2.60. The number of hydrogen-bond donors (Lipinski definition) is 0. The van der Waals surface area contributed by atoms with E-state index < -0.39 is 8.56 Å². The largest absolute Gasteiger partial charge is 0.398 e. The van der Waals surface area contributed by atoms with Crippen molar-refractivity contribution < 1.29 is 8.85 Å². The maximum Gasteiger partial charge on any atom is 0.334 e. The molecule has 164 valence electrons. The molecule has 0 bridgehead atoms. The Balaban J connectivity index is 5.57. The molecule has 6 heteroatoms. The molecule has 0 saturated heterocycles. The monoisotopic (exact) mass is 403 g/mol. The van der Waals surface area contributed by atoms with Gasteiger partial charge in [-0.05, 0) is 79.1 Å². The Labute approximate surface area is 171 Å². The second kappa shape index (κ2) is 14.1. The van der Waals surface area contributed by atoms with Gasteiger partial charge in [-0.1, -0.05) is 20.8 Å². The smallest absolute Gasteiger partial charge is 0.334 e. The van der Waals surface area contributed by atoms with E-state index in [9.17, 15) is 0 Å². The van der Waals surface area contributed by atoms with Gasteiger partial charge in [0.1, 0.15) is 0 Å². The summed E-state index contributed by atoms with van der Waals surface area (Å²) in [6.45, 7) is 15.8. The van der Waals surface area contributed by atoms with Crippen molar-refractivity contribution in [3.8, 4) is 0 Å². The molecule has 0 aromatic rings. The Morgan fingerprint density at radius 3 is 1.30 bits per heavy atom. The molecule has 0 heterocycles. The van der Waals surface area contributed by atoms with Gasteiger partial charge in [0.05, 0.1) is 0 Å². The SMILES string of the molecule is CCCN(C)CC(CC[Si](C)(OC)OC)(CN(C)CCC)CN(C)CCC. The van der Waals surface area contributed by atoms with Gasteiger partial charge in [0.25, 0.3) is 0 Å². The van der Waals surface area contributed by atoms with Crippen LogP contribution in [0, 0.1) is 5.41 Å². The summed E-state index contributed by atoms with van der Waals surface area (Å²) in [6, 6.07) is 1.04. The van der Waals surface area contributed by atoms with Crippen molar-refractivity contribution in [2.75, 3.05) is 74.6 Å². The molecular weight excluding hydrogens is 354 g/mol. The first-order valence-corrected chi connectivity index (χ1v) is 13.4. The predicted octanol–water partition coefficient (Wildman–Crippen LogP) is 3.75. The number of nitrogens with zero attached hydrogens (tertiary/aromatic N) is 3. The number of hydrogen-bond acceptors (Lipinski definition) is 5. The molecule has 0 aliphatic heterocycles. The van der Waals surface area contributed by atoms with Crippen molar-refractivity contribution in [1.82, 2.24) is 14.7 Å². The minimum Gasteiger partial charge on any atom is -0.398 e. The molecule has 0 unspecified atom stereocenters. The lowest BCUT2D eigenvalue weighted by Crippen LogP contribution is -2.51. The van der Waals surface area contributed by atoms with E-state index in [1.54, 1.807) is 0 Å². The van der Waals surface area contributed by atoms with Crippen LogP contribution < -0.4 is 0 Å². The molecule has 0 N–H and O–H groups in total. The summed E-state index contributed by atoms with van der Waals surface area (Å²) in [6.07, 6.45) is 4.74. The Morgan fingerprint density at radius 1 is 0.704 bits per heavy atom. The minimum absolute atomic E-state index is 0.225. The van der Waals surface area contributed by atoms with Gasteiger partial charge in [-0.15, -0.1) is 0 Å². The van der Waals surface area contributed by atoms with E-state index in [0.29, 0.717) is 0 Å². The molecule has 0 fully saturated rings. The molecule has 0 spiro atoms. The van der Waals surface area contributed by atoms with E-state index in [1.165, 1.54) is 19.3 Å². The van der Waals surface area contributed by atoms with Gasteiger partial charge in [-0.3, -0.25) is 0 Å². The first kappa shape index (κ1) is 27.0. The summed E-state index contributed by atoms with van der Waals surface area (Å²) in [5.41, 5.74) is 0.225. The van der Waals surface area contributed by atoms with Crippen LogP contribution in [-0.4, -0.2) is 97.9 Å². The fraction of sp³-hybridized carbons (Fsp3) is 1.00. The highest BCUT2D eigenvalue weighted by Gasteiger charge is 2.38. The van der Waals surface area contributed by atoms with Crippen LogP contribution in [0.15, 0.2) is 0 Å². The second-order valence-electron chi connectivity index (χ2n) is 8.76. The number of rotatable bonds is 17. The van der Waals surface area contributed by atoms with E-state index in [2.05, 4.69) is 63.2 Å². The zero-order valence-corrected chi connectivity index (χ0v) is 20.9. The molecule has 0 rings (SSSR count). The molecule has 0 radical (unpaired) electrons. The third-order valence-electron chi connectivity index (χ3n) is 5.61. The van der Waals surface area contributed by atoms with Gasteiger partial charge >= 0.3 is 8.56 Å². The van der Waals surface area contributed by atoms with E-state index >= 15 is 0 Å². The molecule has 0 saturated carbocycles. The van der Waals surface area contributed by atoms with Crippen LogP contribution in [0.25, 0.3) is 0 Å². The highest BCUT2D eigenvalue weighted by molar-refractivity contribution is 6.65. The van der Waals surface area contributed by atoms with Gasteiger partial charge in [0.2, 0.25) is 0 Å². The molecule has 0 aliphatic carbocycles. The molecule has 0 atom stereocenters. The van der Waals surface area contributed by atoms with Crippen molar-refractivity contribution in [2.24, 2.45) is 5.41 Å². The topological polar surface area (TPSA) is 28.2 Å². The quantitative estimate of drug-likeness (QED) is 0.345. The Morgan fingerprint density at radius 2 is 1.04 bits per heavy atom. The lowest BCUT2D eigenvalue weighted by atomic mass is 9.82. The maximum atomic E-state index is 5.82. The highest BCUT2D eigenvalue weighted by atomic mass is 28.4. The van der Waals surface area contributed by atoms with Crippen LogP contribution in [0.4, 0.5) is 0 Å². The van der Waals surface area contributed by atoms with E-state index in [-0.39, 0.29) is 5.41 Å². The summed E-state index contributed by atoms with van der Waals surface area (Å²) in [7, 11) is 8.39. The zero-order chi connectivity index (χ0) is 20.9. The van der Waals surface area contributed by atoms with Crippen molar-refractivity contribution in [3.05, 3.63) is 0 Å². The van der Waals surface area contributed by atoms with Gasteiger partial charge in [0, 0.05) is 39.3 Å². The maximum absolute atomic E-state index is 5.82. The molecule has 0 aliphatic rings. The van der Waals surface area contributed by atoms with E-state index in [1.807, 2.05) is 14.2 Å². The molecule has 5 nitrogen and oxygen atoms in total. The Hall–Kier alpha value is 0.0169. The molecule has 27 heavy (non-hydrogen) atoms. The van der Waals surface area contributed by atoms with Crippen LogP contribution in [0.3, 0.4) is 0 Å². The average molecular weight is 404 g/mol. The lowest BCUT2D eigenvalue weighted by Gasteiger charge is -2.43. The third-order valence-corrected chi connectivity index (χ3v) is 8.49. The normalized spacial score (nSPS) is 13.3. The van der Waals surface area contributed by atoms with E-state index in [0.717, 1.165) is 51.7 Å². The van der Waals surface area contributed by atoms with Crippen LogP contribution in [0.5, 0.6) is 0 Å². The van der Waals surface area contributed by atoms with Crippen LogP contribution in [0.2, 0.25) is 12.6 Å². The van der Waals surface area contributed by atoms with Gasteiger partial charge in [-0.25, -0.2) is 0 Å². The second-order valence-corrected chi connectivity index (χ2v) is 12.3. The highest BCUT2D eigenvalue weighted by Crippen LogP contribution is 2.31. The third kappa shape index (κ3) is 11.0. The summed E-state index contributed by atoms with van der Waals surface area (Å²) in [5, 5.41) is 0. The minimum atomic E-state index is -2.07. The van der Waals surface area contributed by atoms with Crippen molar-refractivity contribution in [3.63, 3.8) is 0 Å². The van der Waals surface area contributed by atoms with Crippen LogP contribution >= 0.6 is 0 Å². The summed E-state index contributed by atoms with van der Waals surface area (Å²) in [5.74, 6) is 0. The first-order chi connectivity index (χ1) is 12.7. The predicted molar refractivity (Wildman–Crippen MR) is 121 cm³/mol. The van der Waals surface area contributed by atoms with Crippen molar-refractivity contribution >= 4 is 8.56 Å². The summed E-state index contributed by atoms with van der Waals surface area (Å²) in [4.78, 5) is 7.58. The standard InChI is InChI=1S/C21H49N3O2Si/c1-10-14-22(4)18-21(19-23(5)15-11-2,20-24(6)16-12-3)13-17-27(9,25-7)26-8/h10-20H2,1-9H3. The van der Waals surface area contributed by atoms with Gasteiger partial charge in [0.15, 0.2) is 0 Å². The first-order valence-electron chi connectivity index (χ1n) is 10.9. The zero-order valence-electron chi connectivity index (χ0n) is 19.9. The van der Waals surface area contributed by atoms with Crippen LogP contribution in [-0.2, 0) is 8.85 Å². The van der Waals surface area contributed by atoms with Crippen LogP contribution in [0.1, 0.15) is 46.5 Å². The fourth-order valence-electron chi connectivity index (χ4n) is 4.27. The lowest BCUT2D eigenvalue weighted by molar-refractivity contribution is 0.0718. The Kier molecular flexibility index (Phi) is 14.1. The van der Waals surface area contributed by atoms with Gasteiger partial charge in [-0.2, -0.15) is 0 Å². The van der Waals surface area contributed by atoms with E-state index in [4.69, 9.17) is 8.85 Å².